The zero-order chi connectivity index (χ0) is 8.85. The summed E-state index contributed by atoms with van der Waals surface area (Å²) >= 11 is 0. The largest absolute Gasteiger partial charge is 0.469 e. The molecule has 0 saturated heterocycles. The lowest BCUT2D eigenvalue weighted by molar-refractivity contribution is -0.140. The minimum Gasteiger partial charge on any atom is -0.469 e. The molecule has 4 nitrogen and oxygen atoms in total. The molecular weight excluding hydrogens is 144 g/mol. The predicted molar refractivity (Wildman–Crippen MR) is 42.3 cm³/mol. The molecule has 0 heterocycles. The van der Waals surface area contributed by atoms with E-state index in [-0.39, 0.29) is 17.7 Å². The molecule has 1 unspecified atom stereocenters. The SMILES string of the molecule is COC(=O)CCC(C)C(=N)N. The van der Waals surface area contributed by atoms with Gasteiger partial charge < -0.3 is 10.5 Å². The Labute approximate surface area is 66.2 Å². The highest BCUT2D eigenvalue weighted by Gasteiger charge is 2.08. The number of hydrogen-bond acceptors (Lipinski definition) is 3. The summed E-state index contributed by atoms with van der Waals surface area (Å²) in [7, 11) is 1.35. The first kappa shape index (κ1) is 9.94. The van der Waals surface area contributed by atoms with Gasteiger partial charge in [0.15, 0.2) is 0 Å². The summed E-state index contributed by atoms with van der Waals surface area (Å²) in [4.78, 5) is 10.6. The second-order valence-corrected chi connectivity index (χ2v) is 2.47. The van der Waals surface area contributed by atoms with Crippen LogP contribution in [-0.4, -0.2) is 18.9 Å². The number of methoxy groups -OCH3 is 1. The standard InChI is InChI=1S/C7H14N2O2/c1-5(7(8)9)3-4-6(10)11-2/h5H,3-4H2,1-2H3,(H3,8,9). The lowest BCUT2D eigenvalue weighted by Crippen LogP contribution is -2.20. The van der Waals surface area contributed by atoms with Gasteiger partial charge in [-0.1, -0.05) is 6.92 Å². The van der Waals surface area contributed by atoms with Crippen LogP contribution in [0.2, 0.25) is 0 Å². The minimum atomic E-state index is -0.252. The molecule has 4 heteroatoms. The van der Waals surface area contributed by atoms with Crippen molar-refractivity contribution in [3.63, 3.8) is 0 Å². The molecule has 64 valence electrons. The number of nitrogens with one attached hydrogen (secondary N) is 1. The molecule has 0 amide bonds. The first-order chi connectivity index (χ1) is 5.07. The van der Waals surface area contributed by atoms with Gasteiger partial charge in [0, 0.05) is 12.3 Å². The molecule has 0 aromatic rings. The lowest BCUT2D eigenvalue weighted by atomic mass is 10.1. The van der Waals surface area contributed by atoms with Crippen LogP contribution in [0, 0.1) is 11.3 Å². The third-order valence-electron chi connectivity index (χ3n) is 1.54. The van der Waals surface area contributed by atoms with Gasteiger partial charge in [-0.05, 0) is 6.42 Å². The van der Waals surface area contributed by atoms with Crippen LogP contribution in [0.5, 0.6) is 0 Å². The Morgan fingerprint density at radius 1 is 1.73 bits per heavy atom. The smallest absolute Gasteiger partial charge is 0.305 e. The summed E-state index contributed by atoms with van der Waals surface area (Å²) < 4.78 is 4.43. The van der Waals surface area contributed by atoms with Gasteiger partial charge in [0.1, 0.15) is 0 Å². The molecule has 1 atom stereocenters. The first-order valence-corrected chi connectivity index (χ1v) is 3.48. The molecule has 0 spiro atoms. The summed E-state index contributed by atoms with van der Waals surface area (Å²) in [6, 6.07) is 0. The molecule has 3 N–H and O–H groups in total. The van der Waals surface area contributed by atoms with E-state index in [4.69, 9.17) is 11.1 Å². The topological polar surface area (TPSA) is 76.2 Å². The molecule has 0 aliphatic carbocycles. The molecule has 0 rings (SSSR count). The number of rotatable bonds is 4. The minimum absolute atomic E-state index is 0.0332. The van der Waals surface area contributed by atoms with E-state index in [1.807, 2.05) is 6.92 Å². The zero-order valence-corrected chi connectivity index (χ0v) is 6.89. The Morgan fingerprint density at radius 2 is 2.27 bits per heavy atom. The maximum atomic E-state index is 10.6. The van der Waals surface area contributed by atoms with Crippen molar-refractivity contribution in [1.82, 2.24) is 0 Å². The van der Waals surface area contributed by atoms with Crippen LogP contribution in [0.15, 0.2) is 0 Å². The van der Waals surface area contributed by atoms with Crippen molar-refractivity contribution in [3.05, 3.63) is 0 Å². The van der Waals surface area contributed by atoms with E-state index in [1.54, 1.807) is 0 Å². The van der Waals surface area contributed by atoms with Crippen LogP contribution in [0.1, 0.15) is 19.8 Å². The average molecular weight is 158 g/mol. The van der Waals surface area contributed by atoms with Gasteiger partial charge in [-0.2, -0.15) is 0 Å². The molecular formula is C7H14N2O2. The fourth-order valence-electron chi connectivity index (χ4n) is 0.592. The van der Waals surface area contributed by atoms with Gasteiger partial charge in [-0.3, -0.25) is 10.2 Å². The lowest BCUT2D eigenvalue weighted by Gasteiger charge is -2.06. The van der Waals surface area contributed by atoms with Crippen molar-refractivity contribution in [2.24, 2.45) is 11.7 Å². The highest BCUT2D eigenvalue weighted by Crippen LogP contribution is 2.04. The first-order valence-electron chi connectivity index (χ1n) is 3.48. The van der Waals surface area contributed by atoms with Crippen molar-refractivity contribution in [1.29, 1.82) is 5.41 Å². The normalized spacial score (nSPS) is 12.2. The fraction of sp³-hybridized carbons (Fsp3) is 0.714. The van der Waals surface area contributed by atoms with Gasteiger partial charge in [0.2, 0.25) is 0 Å². The van der Waals surface area contributed by atoms with Gasteiger partial charge in [0.25, 0.3) is 0 Å². The van der Waals surface area contributed by atoms with Gasteiger partial charge in [0.05, 0.1) is 12.9 Å². The van der Waals surface area contributed by atoms with E-state index in [2.05, 4.69) is 4.74 Å². The van der Waals surface area contributed by atoms with Crippen LogP contribution < -0.4 is 5.73 Å². The number of hydrogen-bond donors (Lipinski definition) is 2. The second-order valence-electron chi connectivity index (χ2n) is 2.47. The number of ether oxygens (including phenoxy) is 1. The van der Waals surface area contributed by atoms with Gasteiger partial charge >= 0.3 is 5.97 Å². The molecule has 0 radical (unpaired) electrons. The quantitative estimate of drug-likeness (QED) is 0.355. The van der Waals surface area contributed by atoms with Crippen LogP contribution in [0.3, 0.4) is 0 Å². The molecule has 0 aromatic carbocycles. The average Bonchev–Trinajstić information content (AvgIpc) is 1.99. The van der Waals surface area contributed by atoms with E-state index in [1.165, 1.54) is 7.11 Å². The molecule has 0 saturated carbocycles. The van der Waals surface area contributed by atoms with Crippen molar-refractivity contribution in [2.45, 2.75) is 19.8 Å². The van der Waals surface area contributed by atoms with Crippen molar-refractivity contribution >= 4 is 11.8 Å². The Bertz CT molecular complexity index is 157. The fourth-order valence-corrected chi connectivity index (χ4v) is 0.592. The van der Waals surface area contributed by atoms with Gasteiger partial charge in [-0.15, -0.1) is 0 Å². The van der Waals surface area contributed by atoms with E-state index in [0.29, 0.717) is 12.8 Å². The summed E-state index contributed by atoms with van der Waals surface area (Å²) in [6.07, 6.45) is 0.916. The van der Waals surface area contributed by atoms with E-state index >= 15 is 0 Å². The molecule has 0 aliphatic heterocycles. The number of carbonyl (C=O) groups is 1. The number of nitrogens with two attached hydrogens (primary N) is 1. The molecule has 0 aromatic heterocycles. The van der Waals surface area contributed by atoms with E-state index < -0.39 is 0 Å². The monoisotopic (exact) mass is 158 g/mol. The maximum Gasteiger partial charge on any atom is 0.305 e. The molecule has 0 aliphatic rings. The predicted octanol–water partition coefficient (Wildman–Crippen LogP) is 0.512. The number of esters is 1. The van der Waals surface area contributed by atoms with Crippen LogP contribution >= 0.6 is 0 Å². The van der Waals surface area contributed by atoms with Crippen LogP contribution in [0.4, 0.5) is 0 Å². The summed E-state index contributed by atoms with van der Waals surface area (Å²) in [5, 5.41) is 7.03. The third-order valence-corrected chi connectivity index (χ3v) is 1.54. The highest BCUT2D eigenvalue weighted by molar-refractivity contribution is 5.79. The zero-order valence-electron chi connectivity index (χ0n) is 6.89. The summed E-state index contributed by atoms with van der Waals surface area (Å²) in [5.41, 5.74) is 5.19. The number of carbonyl (C=O) groups excluding carboxylic acids is 1. The van der Waals surface area contributed by atoms with Gasteiger partial charge in [-0.25, -0.2) is 0 Å². The Morgan fingerprint density at radius 3 is 2.64 bits per heavy atom. The van der Waals surface area contributed by atoms with Crippen molar-refractivity contribution < 1.29 is 9.53 Å². The Balaban J connectivity index is 3.54. The van der Waals surface area contributed by atoms with Crippen LogP contribution in [0.25, 0.3) is 0 Å². The Kier molecular flexibility index (Phi) is 4.26. The molecule has 11 heavy (non-hydrogen) atoms. The molecule has 0 bridgehead atoms. The van der Waals surface area contributed by atoms with E-state index in [9.17, 15) is 4.79 Å². The van der Waals surface area contributed by atoms with Crippen molar-refractivity contribution in [2.75, 3.05) is 7.11 Å². The maximum absolute atomic E-state index is 10.6. The second kappa shape index (κ2) is 4.71. The highest BCUT2D eigenvalue weighted by atomic mass is 16.5. The van der Waals surface area contributed by atoms with E-state index in [0.717, 1.165) is 0 Å². The summed E-state index contributed by atoms with van der Waals surface area (Å²) in [5.74, 6) is -0.166. The third kappa shape index (κ3) is 4.36. The Hall–Kier alpha value is -1.06. The van der Waals surface area contributed by atoms with Crippen LogP contribution in [-0.2, 0) is 9.53 Å². The summed E-state index contributed by atoms with van der Waals surface area (Å²) in [6.45, 7) is 1.81. The molecule has 0 fully saturated rings. The van der Waals surface area contributed by atoms with Crippen molar-refractivity contribution in [3.8, 4) is 0 Å². The number of amidine groups is 1.